The molecule has 16 heteroatoms. The zero-order chi connectivity index (χ0) is 86.6. The number of hydrogen-bond acceptors (Lipinski definition) is 7. The van der Waals surface area contributed by atoms with Gasteiger partial charge in [0.2, 0.25) is 17.3 Å². The van der Waals surface area contributed by atoms with Crippen LogP contribution in [0.2, 0.25) is 0 Å². The lowest BCUT2D eigenvalue weighted by atomic mass is 10.00. The molecule has 15 nitrogen and oxygen atoms in total. The van der Waals surface area contributed by atoms with Gasteiger partial charge < -0.3 is 28.2 Å². The van der Waals surface area contributed by atoms with Crippen LogP contribution in [0.25, 0.3) is 205 Å². The van der Waals surface area contributed by atoms with Crippen LogP contribution in [0, 0.1) is 0 Å². The highest BCUT2D eigenvalue weighted by Gasteiger charge is 2.30. The first kappa shape index (κ1) is 76.6. The summed E-state index contributed by atoms with van der Waals surface area (Å²) in [6.45, 7) is 0. The van der Waals surface area contributed by atoms with Crippen LogP contribution in [0.4, 0.5) is 17.1 Å². The van der Waals surface area contributed by atoms with E-state index < -0.39 is 7.92 Å². The molecule has 0 fully saturated rings. The van der Waals surface area contributed by atoms with Crippen molar-refractivity contribution in [3.8, 4) is 33.9 Å². The second kappa shape index (κ2) is 30.8. The number of hydrogen-bond donors (Lipinski definition) is 0. The van der Waals surface area contributed by atoms with Gasteiger partial charge in [-0.1, -0.05) is 279 Å². The van der Waals surface area contributed by atoms with Gasteiger partial charge in [0.05, 0.1) is 116 Å². The Bertz CT molecular complexity index is 9230. The van der Waals surface area contributed by atoms with Crippen molar-refractivity contribution in [1.82, 2.24) is 46.4 Å². The van der Waals surface area contributed by atoms with Crippen molar-refractivity contribution >= 4 is 212 Å². The molecule has 0 atom stereocenters. The summed E-state index contributed by atoms with van der Waals surface area (Å²) in [6, 6.07) is 158. The van der Waals surface area contributed by atoms with Gasteiger partial charge in [-0.15, -0.1) is 0 Å². The average molecular weight is 1730 g/mol. The lowest BCUT2D eigenvalue weighted by molar-refractivity contribution is 0.669. The number of furan rings is 3. The van der Waals surface area contributed by atoms with Crippen molar-refractivity contribution in [2.45, 2.75) is 0 Å². The first-order chi connectivity index (χ1) is 65.6. The van der Waals surface area contributed by atoms with Gasteiger partial charge in [0.25, 0.3) is 0 Å². The average Bonchev–Trinajstić information content (AvgIpc) is 1.56. The lowest BCUT2D eigenvalue weighted by Gasteiger charge is -2.25. The Morgan fingerprint density at radius 2 is 0.586 bits per heavy atom. The van der Waals surface area contributed by atoms with Gasteiger partial charge in [-0.2, -0.15) is 0 Å². The van der Waals surface area contributed by atoms with Crippen molar-refractivity contribution in [3.05, 3.63) is 449 Å². The van der Waals surface area contributed by atoms with E-state index >= 15 is 0 Å². The van der Waals surface area contributed by atoms with E-state index in [9.17, 15) is 0 Å². The lowest BCUT2D eigenvalue weighted by Crippen LogP contribution is -2.20. The van der Waals surface area contributed by atoms with E-state index in [1.165, 1.54) is 37.7 Å². The summed E-state index contributed by atoms with van der Waals surface area (Å²) in [5, 5.41) is 12.8. The minimum atomic E-state index is -0.825. The van der Waals surface area contributed by atoms with Crippen molar-refractivity contribution in [1.29, 1.82) is 0 Å². The topological polar surface area (TPSA) is 146 Å². The molecule has 0 saturated carbocycles. The zero-order valence-corrected chi connectivity index (χ0v) is 72.2. The predicted molar refractivity (Wildman–Crippen MR) is 547 cm³/mol. The fraction of sp³-hybridized carbons (Fsp3) is 0. The second-order valence-electron chi connectivity index (χ2n) is 33.4. The molecule has 19 aromatic carbocycles. The van der Waals surface area contributed by atoms with Crippen molar-refractivity contribution in [2.75, 3.05) is 4.90 Å². The van der Waals surface area contributed by atoms with Crippen molar-refractivity contribution in [2.24, 2.45) is 0 Å². The molecule has 29 aromatic rings. The van der Waals surface area contributed by atoms with Gasteiger partial charge in [-0.25, -0.2) is 15.0 Å². The second-order valence-corrected chi connectivity index (χ2v) is 35.5. The Balaban J connectivity index is 0.000000104. The number of imidazole rings is 6. The molecule has 0 amide bonds. The van der Waals surface area contributed by atoms with Crippen molar-refractivity contribution in [3.63, 3.8) is 0 Å². The van der Waals surface area contributed by atoms with E-state index in [-0.39, 0.29) is 5.48 Å². The van der Waals surface area contributed by atoms with E-state index in [0.717, 1.165) is 200 Å². The molecule has 0 bridgehead atoms. The number of aromatic nitrogens is 10. The van der Waals surface area contributed by atoms with E-state index in [0.29, 0.717) is 0 Å². The van der Waals surface area contributed by atoms with Crippen LogP contribution >= 0.6 is 7.92 Å². The summed E-state index contributed by atoms with van der Waals surface area (Å²) in [6.07, 6.45) is 0. The summed E-state index contributed by atoms with van der Waals surface area (Å²) >= 11 is 0. The number of benzene rings is 19. The smallest absolute Gasteiger partial charge is 0.220 e. The summed E-state index contributed by atoms with van der Waals surface area (Å²) < 4.78 is 36.3. The van der Waals surface area contributed by atoms with Crippen LogP contribution < -0.4 is 20.8 Å². The summed E-state index contributed by atoms with van der Waals surface area (Å²) in [7, 11) is -0.825. The maximum absolute atomic E-state index is 6.80. The Hall–Kier alpha value is -17.6. The van der Waals surface area contributed by atoms with Crippen LogP contribution in [0.5, 0.6) is 0 Å². The van der Waals surface area contributed by atoms with Crippen LogP contribution in [0.3, 0.4) is 0 Å². The number of para-hydroxylation sites is 19. The van der Waals surface area contributed by atoms with Crippen molar-refractivity contribution < 1.29 is 18.7 Å². The molecule has 0 saturated heterocycles. The maximum Gasteiger partial charge on any atom is 0.220 e. The third-order valence-corrected chi connectivity index (χ3v) is 28.5. The fourth-order valence-corrected chi connectivity index (χ4v) is 22.9. The SMILES string of the molecule is O.c1ccc(-n2c3ccccc3c3cc(-c4cccc5c4oc4cccc(-n6c7ccccc7n7c8ccccc8nc67)c45)ccc32)cc1.c1ccc(N(c2ccccc2)c2cccc3c2oc2cccc(-n4c5ccccc5n5c6ccccc6nc45)c23)cc1.c1ccc(P(c2ccccc2)c2cccc3c2oc2cccc(-n4c5ccccc5n5c6ccccc6nc45)c23)cc1. The molecule has 628 valence electrons. The highest BCUT2D eigenvalue weighted by molar-refractivity contribution is 7.80. The van der Waals surface area contributed by atoms with Crippen LogP contribution in [0.1, 0.15) is 0 Å². The minimum Gasteiger partial charge on any atom is -0.455 e. The van der Waals surface area contributed by atoms with Gasteiger partial charge in [-0.3, -0.25) is 26.9 Å². The molecule has 0 unspecified atom stereocenters. The largest absolute Gasteiger partial charge is 0.455 e. The fourth-order valence-electron chi connectivity index (χ4n) is 20.5. The van der Waals surface area contributed by atoms with Gasteiger partial charge in [0.15, 0.2) is 5.58 Å². The maximum atomic E-state index is 6.80. The molecule has 0 spiro atoms. The molecule has 0 aliphatic carbocycles. The molecule has 0 aliphatic rings. The zero-order valence-electron chi connectivity index (χ0n) is 71.3. The Labute approximate surface area is 759 Å². The quantitative estimate of drug-likeness (QED) is 0.117. The Morgan fingerprint density at radius 1 is 0.241 bits per heavy atom. The van der Waals surface area contributed by atoms with Crippen LogP contribution in [0.15, 0.2) is 462 Å². The monoisotopic (exact) mass is 1730 g/mol. The molecule has 0 aliphatic heterocycles. The van der Waals surface area contributed by atoms with E-state index in [1.807, 2.05) is 30.3 Å². The standard InChI is InChI=1S/C43H26N4O.C37H24N4O.C37H24N3OP.H2O/c1-2-12-28(13-3-1)45-34-18-6-4-14-30(34)32-26-27(24-25-35(32)45)29-15-10-16-31-41-39(22-11-23-40(41)48-42(29)31)47-38-21-9-8-20-37(38)46-36-19-7-5-17-33(36)44-43(46)47;1-3-13-25(14-4-1)39(26-15-5-2-6-16-26)33-23-11-17-27-35-32(22-12-24-34(35)42-36(27)33)41-31-21-10-9-20-30(31)40-29-19-8-7-18-28(29)38-37(40)41;1-3-13-25(14-4-1)42(26-15-5-2-6-16-26)34-24-11-17-27-35-32(22-12-23-33(35)41-36(27)34)40-31-21-10-9-20-30(31)39-29-19-8-7-18-28(29)38-37(39)40;/h1-26H;2*1-24H;1H2. The highest BCUT2D eigenvalue weighted by atomic mass is 31.1. The minimum absolute atomic E-state index is 0. The van der Waals surface area contributed by atoms with Gasteiger partial charge in [0.1, 0.15) is 27.9 Å². The van der Waals surface area contributed by atoms with Gasteiger partial charge in [-0.05, 0) is 194 Å². The van der Waals surface area contributed by atoms with Crippen LogP contribution in [-0.4, -0.2) is 51.9 Å². The summed E-state index contributed by atoms with van der Waals surface area (Å²) in [5.41, 5.74) is 30.1. The third kappa shape index (κ3) is 11.9. The molecule has 133 heavy (non-hydrogen) atoms. The number of rotatable bonds is 11. The first-order valence-electron chi connectivity index (χ1n) is 44.4. The van der Waals surface area contributed by atoms with E-state index in [4.69, 9.17) is 28.2 Å². The molecule has 10 aromatic heterocycles. The normalized spacial score (nSPS) is 11.9. The molecule has 10 heterocycles. The Morgan fingerprint density at radius 3 is 1.06 bits per heavy atom. The summed E-state index contributed by atoms with van der Waals surface area (Å²) in [4.78, 5) is 17.6. The molecular weight excluding hydrogens is 1650 g/mol. The van der Waals surface area contributed by atoms with Gasteiger partial charge in [0, 0.05) is 54.9 Å². The predicted octanol–water partition coefficient (Wildman–Crippen LogP) is 28.2. The van der Waals surface area contributed by atoms with Crippen LogP contribution in [-0.2, 0) is 0 Å². The third-order valence-electron chi connectivity index (χ3n) is 26.0. The molecule has 2 N–H and O–H groups in total. The van der Waals surface area contributed by atoms with E-state index in [2.05, 4.69) is 455 Å². The van der Waals surface area contributed by atoms with E-state index in [1.54, 1.807) is 0 Å². The highest BCUT2D eigenvalue weighted by Crippen LogP contribution is 2.49. The number of nitrogens with zero attached hydrogens (tertiary/aromatic N) is 11. The number of anilines is 3. The molecule has 0 radical (unpaired) electrons. The van der Waals surface area contributed by atoms with Gasteiger partial charge >= 0.3 is 0 Å². The summed E-state index contributed by atoms with van der Waals surface area (Å²) in [5.74, 6) is 2.66. The molecule has 29 rings (SSSR count). The molecular formula is C117H76N11O4P. The number of fused-ring (bicyclic) bond motifs is 27. The first-order valence-corrected chi connectivity index (χ1v) is 45.7. The Kier molecular flexibility index (Phi) is 17.8.